The number of amidine groups is 2. The predicted octanol–water partition coefficient (Wildman–Crippen LogP) is 3.03. The molecule has 1 atom stereocenters. The van der Waals surface area contributed by atoms with Crippen LogP contribution in [-0.4, -0.2) is 34.9 Å². The van der Waals surface area contributed by atoms with Crippen molar-refractivity contribution in [2.75, 3.05) is 0 Å². The Morgan fingerprint density at radius 1 is 1.35 bits per heavy atom. The lowest BCUT2D eigenvalue weighted by Crippen LogP contribution is -2.38. The van der Waals surface area contributed by atoms with Crippen LogP contribution in [0, 0.1) is 11.3 Å². The number of nitrogens with zero attached hydrogens (tertiary/aromatic N) is 4. The van der Waals surface area contributed by atoms with E-state index in [1.807, 2.05) is 6.07 Å². The number of hydrogen-bond acceptors (Lipinski definition) is 5. The van der Waals surface area contributed by atoms with Crippen LogP contribution in [0.1, 0.15) is 28.4 Å². The largest absolute Gasteiger partial charge is 0.416 e. The summed E-state index contributed by atoms with van der Waals surface area (Å²) in [7, 11) is 0. The van der Waals surface area contributed by atoms with Gasteiger partial charge in [-0.3, -0.25) is 9.59 Å². The zero-order valence-corrected chi connectivity index (χ0v) is 16.6. The van der Waals surface area contributed by atoms with E-state index in [9.17, 15) is 22.8 Å². The summed E-state index contributed by atoms with van der Waals surface area (Å²) in [6.45, 7) is 1.43. The average molecular weight is 451 g/mol. The monoisotopic (exact) mass is 450 g/mol. The lowest BCUT2D eigenvalue weighted by atomic mass is 10.1. The Labute approximate surface area is 179 Å². The number of aromatic nitrogens is 1. The first-order valence-electron chi connectivity index (χ1n) is 8.46. The summed E-state index contributed by atoms with van der Waals surface area (Å²) in [5.41, 5.74) is 4.28. The molecule has 0 saturated carbocycles. The van der Waals surface area contributed by atoms with Crippen molar-refractivity contribution in [1.29, 1.82) is 5.26 Å². The minimum absolute atomic E-state index is 0.0969. The maximum absolute atomic E-state index is 13.0. The van der Waals surface area contributed by atoms with Crippen molar-refractivity contribution in [2.45, 2.75) is 19.1 Å². The van der Waals surface area contributed by atoms with Gasteiger partial charge in [0, 0.05) is 16.8 Å². The second-order valence-corrected chi connectivity index (χ2v) is 6.50. The fraction of sp³-hybridized carbons (Fsp3) is 0.158. The van der Waals surface area contributed by atoms with Crippen LogP contribution in [-0.2, 0) is 11.0 Å². The van der Waals surface area contributed by atoms with E-state index in [1.165, 1.54) is 25.3 Å². The van der Waals surface area contributed by atoms with Gasteiger partial charge in [0.1, 0.15) is 6.07 Å². The molecule has 0 radical (unpaired) electrons. The van der Waals surface area contributed by atoms with Crippen LogP contribution in [0.25, 0.3) is 0 Å². The fourth-order valence-corrected chi connectivity index (χ4v) is 2.48. The predicted molar refractivity (Wildman–Crippen MR) is 107 cm³/mol. The highest BCUT2D eigenvalue weighted by molar-refractivity contribution is 6.31. The molecule has 31 heavy (non-hydrogen) atoms. The molecule has 160 valence electrons. The number of pyridine rings is 1. The Kier molecular flexibility index (Phi) is 7.44. The zero-order valence-electron chi connectivity index (χ0n) is 15.8. The van der Waals surface area contributed by atoms with Gasteiger partial charge in [0.2, 0.25) is 0 Å². The number of aliphatic imine (C=N–C) groups is 2. The quantitative estimate of drug-likeness (QED) is 0.410. The molecule has 1 unspecified atom stereocenters. The Hall–Kier alpha value is -3.78. The van der Waals surface area contributed by atoms with Gasteiger partial charge in [0.15, 0.2) is 23.8 Å². The van der Waals surface area contributed by atoms with E-state index in [1.54, 1.807) is 0 Å². The minimum atomic E-state index is -4.69. The summed E-state index contributed by atoms with van der Waals surface area (Å²) in [5.74, 6) is -1.38. The molecule has 1 aromatic carbocycles. The van der Waals surface area contributed by atoms with E-state index >= 15 is 0 Å². The van der Waals surface area contributed by atoms with Gasteiger partial charge >= 0.3 is 6.18 Å². The number of carbonyl (C=O) groups excluding carboxylic acids is 2. The first-order valence-corrected chi connectivity index (χ1v) is 8.84. The first kappa shape index (κ1) is 23.5. The van der Waals surface area contributed by atoms with E-state index in [0.29, 0.717) is 12.1 Å². The van der Waals surface area contributed by atoms with E-state index in [2.05, 4.69) is 20.3 Å². The molecular weight excluding hydrogens is 437 g/mol. The number of carbonyl (C=O) groups is 2. The van der Waals surface area contributed by atoms with Crippen molar-refractivity contribution in [1.82, 2.24) is 10.3 Å². The molecule has 8 nitrogen and oxygen atoms in total. The van der Waals surface area contributed by atoms with Crippen molar-refractivity contribution in [3.8, 4) is 6.07 Å². The molecule has 2 aromatic rings. The third kappa shape index (κ3) is 6.61. The van der Waals surface area contributed by atoms with Crippen molar-refractivity contribution in [3.63, 3.8) is 0 Å². The lowest BCUT2D eigenvalue weighted by Gasteiger charge is -2.15. The fourth-order valence-electron chi connectivity index (χ4n) is 2.24. The number of hydrogen-bond donors (Lipinski definition) is 2. The molecule has 0 aliphatic heterocycles. The maximum Gasteiger partial charge on any atom is 0.416 e. The highest BCUT2D eigenvalue weighted by atomic mass is 35.5. The number of nitrogens with two attached hydrogens (primary N) is 1. The Morgan fingerprint density at radius 2 is 2.06 bits per heavy atom. The number of alkyl halides is 3. The highest BCUT2D eigenvalue weighted by Gasteiger charge is 2.32. The van der Waals surface area contributed by atoms with E-state index in [-0.39, 0.29) is 34.1 Å². The molecule has 0 aliphatic rings. The lowest BCUT2D eigenvalue weighted by molar-refractivity contribution is -0.137. The van der Waals surface area contributed by atoms with Crippen LogP contribution in [0.15, 0.2) is 46.5 Å². The zero-order chi connectivity index (χ0) is 23.2. The number of aldehydes is 1. The standard InChI is InChI=1S/C19H14ClF3N6O2/c1-10(27-18(31)12-4-13(19(21,22)23)6-14(20)5-12)17(28-15(25)9-30)29-16-3-2-11(7-24)8-26-16/h2-6,8-10H,1H3,(H,27,31)(H2,25,26,28,29). The molecule has 1 aromatic heterocycles. The van der Waals surface area contributed by atoms with Crippen LogP contribution in [0.4, 0.5) is 19.0 Å². The summed E-state index contributed by atoms with van der Waals surface area (Å²) in [5, 5.41) is 11.0. The summed E-state index contributed by atoms with van der Waals surface area (Å²) < 4.78 is 38.9. The molecule has 12 heteroatoms. The second kappa shape index (κ2) is 9.82. The highest BCUT2D eigenvalue weighted by Crippen LogP contribution is 2.31. The SMILES string of the molecule is CC(NC(=O)c1cc(Cl)cc(C(F)(F)F)c1)C(N=C(N)C=O)=Nc1ccc(C#N)cn1. The van der Waals surface area contributed by atoms with Crippen molar-refractivity contribution in [2.24, 2.45) is 15.7 Å². The summed E-state index contributed by atoms with van der Waals surface area (Å²) >= 11 is 5.71. The van der Waals surface area contributed by atoms with E-state index in [4.69, 9.17) is 22.6 Å². The van der Waals surface area contributed by atoms with Crippen molar-refractivity contribution in [3.05, 3.63) is 58.2 Å². The maximum atomic E-state index is 13.0. The van der Waals surface area contributed by atoms with Gasteiger partial charge in [-0.15, -0.1) is 0 Å². The number of rotatable bonds is 5. The van der Waals surface area contributed by atoms with Gasteiger partial charge in [-0.2, -0.15) is 18.4 Å². The Balaban J connectivity index is 2.35. The first-order chi connectivity index (χ1) is 14.5. The topological polar surface area (TPSA) is 134 Å². The number of amides is 1. The summed E-state index contributed by atoms with van der Waals surface area (Å²) in [6.07, 6.45) is -3.19. The third-order valence-electron chi connectivity index (χ3n) is 3.69. The number of nitrogens with one attached hydrogen (secondary N) is 1. The molecule has 1 amide bonds. The molecule has 0 spiro atoms. The van der Waals surface area contributed by atoms with Gasteiger partial charge in [0.05, 0.1) is 17.2 Å². The van der Waals surface area contributed by atoms with Gasteiger partial charge in [-0.1, -0.05) is 11.6 Å². The molecule has 0 bridgehead atoms. The number of benzene rings is 1. The smallest absolute Gasteiger partial charge is 0.381 e. The molecule has 2 rings (SSSR count). The molecule has 0 fully saturated rings. The number of nitriles is 1. The number of halogens is 4. The molecular formula is C19H14ClF3N6O2. The van der Waals surface area contributed by atoms with Crippen LogP contribution < -0.4 is 11.1 Å². The van der Waals surface area contributed by atoms with Gasteiger partial charge in [-0.05, 0) is 37.3 Å². The summed E-state index contributed by atoms with van der Waals surface area (Å²) in [4.78, 5) is 35.2. The van der Waals surface area contributed by atoms with Gasteiger partial charge < -0.3 is 11.1 Å². The molecule has 1 heterocycles. The Morgan fingerprint density at radius 3 is 2.61 bits per heavy atom. The van der Waals surface area contributed by atoms with Gasteiger partial charge in [-0.25, -0.2) is 15.0 Å². The van der Waals surface area contributed by atoms with E-state index < -0.39 is 29.5 Å². The van der Waals surface area contributed by atoms with Crippen LogP contribution in [0.5, 0.6) is 0 Å². The average Bonchev–Trinajstić information content (AvgIpc) is 2.72. The molecule has 3 N–H and O–H groups in total. The Bertz CT molecular complexity index is 1090. The van der Waals surface area contributed by atoms with Crippen LogP contribution >= 0.6 is 11.6 Å². The van der Waals surface area contributed by atoms with E-state index in [0.717, 1.165) is 6.07 Å². The summed E-state index contributed by atoms with van der Waals surface area (Å²) in [6, 6.07) is 6.14. The normalized spacial score (nSPS) is 13.3. The van der Waals surface area contributed by atoms with Crippen molar-refractivity contribution < 1.29 is 22.8 Å². The van der Waals surface area contributed by atoms with Gasteiger partial charge in [0.25, 0.3) is 5.91 Å². The van der Waals surface area contributed by atoms with Crippen molar-refractivity contribution >= 4 is 41.3 Å². The van der Waals surface area contributed by atoms with Crippen LogP contribution in [0.2, 0.25) is 5.02 Å². The molecule has 0 saturated heterocycles. The second-order valence-electron chi connectivity index (χ2n) is 6.06. The van der Waals surface area contributed by atoms with Crippen LogP contribution in [0.3, 0.4) is 0 Å². The minimum Gasteiger partial charge on any atom is -0.381 e. The molecule has 0 aliphatic carbocycles. The third-order valence-corrected chi connectivity index (χ3v) is 3.91.